The second-order valence-electron chi connectivity index (χ2n) is 7.58. The average molecular weight is 416 g/mol. The lowest BCUT2D eigenvalue weighted by Crippen LogP contribution is -2.37. The second-order valence-corrected chi connectivity index (χ2v) is 9.82. The van der Waals surface area contributed by atoms with Gasteiger partial charge in [-0.3, -0.25) is 9.59 Å². The normalized spacial score (nSPS) is 15.2. The van der Waals surface area contributed by atoms with Gasteiger partial charge < -0.3 is 9.88 Å². The summed E-state index contributed by atoms with van der Waals surface area (Å²) in [6, 6.07) is 4.06. The van der Waals surface area contributed by atoms with E-state index in [4.69, 9.17) is 0 Å². The van der Waals surface area contributed by atoms with Crippen LogP contribution >= 0.6 is 22.7 Å². The highest BCUT2D eigenvalue weighted by atomic mass is 32.1. The number of aromatic nitrogens is 2. The van der Waals surface area contributed by atoms with E-state index >= 15 is 0 Å². The third-order valence-corrected chi connectivity index (χ3v) is 7.58. The first-order chi connectivity index (χ1) is 13.5. The molecule has 0 radical (unpaired) electrons. The van der Waals surface area contributed by atoms with Gasteiger partial charge in [-0.05, 0) is 43.7 Å². The Morgan fingerprint density at radius 1 is 1.25 bits per heavy atom. The molecular formula is C21H25N3O2S2. The number of aromatic amines is 1. The number of carbonyl (C=O) groups excluding carboxylic acids is 1. The van der Waals surface area contributed by atoms with Gasteiger partial charge in [-0.15, -0.1) is 22.7 Å². The summed E-state index contributed by atoms with van der Waals surface area (Å²) in [5.41, 5.74) is 0.886. The van der Waals surface area contributed by atoms with E-state index in [2.05, 4.69) is 16.0 Å². The molecule has 148 valence electrons. The number of amides is 1. The maximum atomic E-state index is 13.2. The molecule has 0 bridgehead atoms. The number of nitrogens with zero attached hydrogens (tertiary/aromatic N) is 2. The number of nitrogens with one attached hydrogen (secondary N) is 1. The van der Waals surface area contributed by atoms with Gasteiger partial charge in [-0.2, -0.15) is 0 Å². The van der Waals surface area contributed by atoms with Gasteiger partial charge in [0.25, 0.3) is 5.56 Å². The number of rotatable bonds is 5. The molecule has 0 aliphatic heterocycles. The van der Waals surface area contributed by atoms with Crippen LogP contribution in [0.3, 0.4) is 0 Å². The molecule has 7 heteroatoms. The highest BCUT2D eigenvalue weighted by Crippen LogP contribution is 2.28. The minimum Gasteiger partial charge on any atom is -0.330 e. The third-order valence-electron chi connectivity index (χ3n) is 5.62. The summed E-state index contributed by atoms with van der Waals surface area (Å²) in [4.78, 5) is 38.4. The van der Waals surface area contributed by atoms with E-state index in [0.29, 0.717) is 24.3 Å². The second kappa shape index (κ2) is 8.17. The first kappa shape index (κ1) is 19.3. The smallest absolute Gasteiger partial charge is 0.259 e. The van der Waals surface area contributed by atoms with Crippen molar-refractivity contribution in [1.29, 1.82) is 0 Å². The van der Waals surface area contributed by atoms with Gasteiger partial charge in [-0.25, -0.2) is 4.98 Å². The van der Waals surface area contributed by atoms with Crippen molar-refractivity contribution in [3.63, 3.8) is 0 Å². The van der Waals surface area contributed by atoms with Crippen LogP contribution in [0.2, 0.25) is 0 Å². The van der Waals surface area contributed by atoms with Crippen LogP contribution in [0.1, 0.15) is 53.2 Å². The number of aryl methyl sites for hydroxylation is 2. The molecule has 1 aliphatic rings. The summed E-state index contributed by atoms with van der Waals surface area (Å²) in [6.45, 7) is 4.88. The van der Waals surface area contributed by atoms with Crippen LogP contribution in [0.15, 0.2) is 22.3 Å². The van der Waals surface area contributed by atoms with Crippen molar-refractivity contribution in [2.24, 2.45) is 5.92 Å². The molecule has 1 N–H and O–H groups in total. The largest absolute Gasteiger partial charge is 0.330 e. The van der Waals surface area contributed by atoms with Gasteiger partial charge in [0, 0.05) is 15.7 Å². The molecule has 1 saturated carbocycles. The van der Waals surface area contributed by atoms with Crippen LogP contribution < -0.4 is 5.56 Å². The number of thiophene rings is 2. The van der Waals surface area contributed by atoms with Crippen LogP contribution in [-0.2, 0) is 17.9 Å². The molecule has 0 spiro atoms. The predicted molar refractivity (Wildman–Crippen MR) is 115 cm³/mol. The maximum absolute atomic E-state index is 13.2. The molecule has 0 saturated heterocycles. The summed E-state index contributed by atoms with van der Waals surface area (Å²) in [6.07, 6.45) is 5.39. The molecule has 3 heterocycles. The highest BCUT2D eigenvalue weighted by molar-refractivity contribution is 7.18. The quantitative estimate of drug-likeness (QED) is 0.653. The van der Waals surface area contributed by atoms with E-state index < -0.39 is 0 Å². The number of hydrogen-bond acceptors (Lipinski definition) is 5. The maximum Gasteiger partial charge on any atom is 0.259 e. The molecule has 3 aromatic heterocycles. The van der Waals surface area contributed by atoms with Crippen LogP contribution in [0.25, 0.3) is 10.2 Å². The Kier molecular flexibility index (Phi) is 5.64. The van der Waals surface area contributed by atoms with Crippen LogP contribution in [0.4, 0.5) is 0 Å². The van der Waals surface area contributed by atoms with Gasteiger partial charge in [0.05, 0.1) is 18.5 Å². The summed E-state index contributed by atoms with van der Waals surface area (Å²) in [5, 5.41) is 2.71. The van der Waals surface area contributed by atoms with Crippen molar-refractivity contribution in [1.82, 2.24) is 14.9 Å². The van der Waals surface area contributed by atoms with Gasteiger partial charge in [0.15, 0.2) is 0 Å². The van der Waals surface area contributed by atoms with Crippen molar-refractivity contribution < 1.29 is 4.79 Å². The number of fused-ring (bicyclic) bond motifs is 1. The Labute approximate surface area is 172 Å². The summed E-state index contributed by atoms with van der Waals surface area (Å²) in [5.74, 6) is 0.851. The minimum absolute atomic E-state index is 0.0930. The van der Waals surface area contributed by atoms with Crippen LogP contribution in [-0.4, -0.2) is 20.8 Å². The monoisotopic (exact) mass is 415 g/mol. The van der Waals surface area contributed by atoms with Gasteiger partial charge in [0.1, 0.15) is 10.7 Å². The topological polar surface area (TPSA) is 66.1 Å². The number of hydrogen-bond donors (Lipinski definition) is 1. The molecule has 0 unspecified atom stereocenters. The van der Waals surface area contributed by atoms with E-state index in [0.717, 1.165) is 45.8 Å². The van der Waals surface area contributed by atoms with E-state index in [-0.39, 0.29) is 17.4 Å². The number of H-pyrrole nitrogens is 1. The zero-order valence-electron chi connectivity index (χ0n) is 16.3. The minimum atomic E-state index is -0.108. The molecule has 1 fully saturated rings. The Balaban J connectivity index is 1.63. The Bertz CT molecular complexity index is 1030. The lowest BCUT2D eigenvalue weighted by atomic mass is 9.88. The summed E-state index contributed by atoms with van der Waals surface area (Å²) < 4.78 is 0. The fraction of sp³-hybridized carbons (Fsp3) is 0.476. The van der Waals surface area contributed by atoms with Crippen LogP contribution in [0.5, 0.6) is 0 Å². The lowest BCUT2D eigenvalue weighted by Gasteiger charge is -2.28. The average Bonchev–Trinajstić information content (AvgIpc) is 3.29. The molecule has 1 aliphatic carbocycles. The van der Waals surface area contributed by atoms with E-state index in [1.807, 2.05) is 30.2 Å². The van der Waals surface area contributed by atoms with Gasteiger partial charge >= 0.3 is 0 Å². The zero-order valence-corrected chi connectivity index (χ0v) is 17.9. The van der Waals surface area contributed by atoms with Crippen molar-refractivity contribution in [3.8, 4) is 0 Å². The molecule has 3 aromatic rings. The highest BCUT2D eigenvalue weighted by Gasteiger charge is 2.27. The van der Waals surface area contributed by atoms with Crippen molar-refractivity contribution in [2.75, 3.05) is 0 Å². The molecule has 28 heavy (non-hydrogen) atoms. The fourth-order valence-electron chi connectivity index (χ4n) is 3.97. The number of carbonyl (C=O) groups is 1. The predicted octanol–water partition coefficient (Wildman–Crippen LogP) is 4.77. The Hall–Kier alpha value is -1.99. The van der Waals surface area contributed by atoms with Crippen LogP contribution in [0, 0.1) is 19.8 Å². The first-order valence-corrected chi connectivity index (χ1v) is 11.5. The van der Waals surface area contributed by atoms with Gasteiger partial charge in [0.2, 0.25) is 5.91 Å². The molecule has 5 nitrogen and oxygen atoms in total. The Morgan fingerprint density at radius 3 is 2.75 bits per heavy atom. The summed E-state index contributed by atoms with van der Waals surface area (Å²) in [7, 11) is 0. The van der Waals surface area contributed by atoms with Crippen molar-refractivity contribution in [3.05, 3.63) is 49.0 Å². The molecule has 0 atom stereocenters. The molecular weight excluding hydrogens is 390 g/mol. The van der Waals surface area contributed by atoms with Crippen molar-refractivity contribution in [2.45, 2.75) is 59.0 Å². The van der Waals surface area contributed by atoms with E-state index in [1.165, 1.54) is 6.42 Å². The molecule has 4 rings (SSSR count). The zero-order chi connectivity index (χ0) is 19.7. The lowest BCUT2D eigenvalue weighted by molar-refractivity contribution is -0.138. The van der Waals surface area contributed by atoms with E-state index in [9.17, 15) is 9.59 Å². The third kappa shape index (κ3) is 3.91. The van der Waals surface area contributed by atoms with E-state index in [1.54, 1.807) is 22.7 Å². The first-order valence-electron chi connectivity index (χ1n) is 9.83. The Morgan fingerprint density at radius 2 is 2.04 bits per heavy atom. The van der Waals surface area contributed by atoms with Crippen molar-refractivity contribution >= 4 is 38.8 Å². The molecule has 0 aromatic carbocycles. The SMILES string of the molecule is Cc1sc2nc(CN(Cc3cccs3)C(=O)C3CCCCC3)[nH]c(=O)c2c1C. The molecule has 1 amide bonds. The fourth-order valence-corrected chi connectivity index (χ4v) is 5.73. The summed E-state index contributed by atoms with van der Waals surface area (Å²) >= 11 is 3.20. The standard InChI is InChI=1S/C21H25N3O2S2/c1-13-14(2)28-20-18(13)19(25)22-17(23-20)12-24(11-16-9-6-10-27-16)21(26)15-7-4-3-5-8-15/h6,9-10,15H,3-5,7-8,11-12H2,1-2H3,(H,22,23,25). The van der Waals surface area contributed by atoms with Gasteiger partial charge in [-0.1, -0.05) is 25.3 Å².